The van der Waals surface area contributed by atoms with Crippen LogP contribution in [-0.2, 0) is 35.1 Å². The number of benzene rings is 3. The molecule has 0 radical (unpaired) electrons. The summed E-state index contributed by atoms with van der Waals surface area (Å²) in [5.74, 6) is -4.74. The predicted molar refractivity (Wildman–Crippen MR) is 178 cm³/mol. The van der Waals surface area contributed by atoms with Crippen molar-refractivity contribution in [2.45, 2.75) is 69.3 Å². The molecule has 1 saturated heterocycles. The SMILES string of the molecule is CC(=O)Oc1cc(C)cc2c1C(=O)c1c(ccc3c1O[C@]14O[C@H](C)[C@H]5[C@@](C)(OC(C)=O)[C@H](Br)c6onc(c6[C@]351)-c1c(OC(C)=O)cccc14)C2=O. The quantitative estimate of drug-likeness (QED) is 0.122. The van der Waals surface area contributed by atoms with Crippen molar-refractivity contribution in [3.05, 3.63) is 92.7 Å². The van der Waals surface area contributed by atoms with Crippen LogP contribution < -0.4 is 14.2 Å². The molecule has 13 heteroatoms. The maximum Gasteiger partial charge on any atom is 0.308 e. The molecule has 0 saturated carbocycles. The lowest BCUT2D eigenvalue weighted by Crippen LogP contribution is -2.62. The van der Waals surface area contributed by atoms with E-state index in [0.717, 1.165) is 0 Å². The van der Waals surface area contributed by atoms with Gasteiger partial charge in [0.25, 0.3) is 5.79 Å². The van der Waals surface area contributed by atoms with Crippen LogP contribution in [0.1, 0.15) is 99.3 Å². The van der Waals surface area contributed by atoms with Crippen molar-refractivity contribution in [2.75, 3.05) is 0 Å². The van der Waals surface area contributed by atoms with E-state index in [1.807, 2.05) is 6.92 Å². The van der Waals surface area contributed by atoms with Crippen molar-refractivity contribution in [2.24, 2.45) is 5.92 Å². The first-order valence-electron chi connectivity index (χ1n) is 16.3. The highest BCUT2D eigenvalue weighted by Crippen LogP contribution is 2.78. The fraction of sp³-hybridized carbons (Fsp3) is 0.316. The fourth-order valence-corrected chi connectivity index (χ4v) is 10.2. The molecule has 0 amide bonds. The molecule has 0 N–H and O–H groups in total. The van der Waals surface area contributed by atoms with E-state index in [-0.39, 0.29) is 39.5 Å². The first-order chi connectivity index (χ1) is 24.2. The summed E-state index contributed by atoms with van der Waals surface area (Å²) < 4.78 is 37.6. The second-order valence-electron chi connectivity index (χ2n) is 13.8. The van der Waals surface area contributed by atoms with Crippen molar-refractivity contribution >= 4 is 45.4 Å². The molecule has 1 aromatic heterocycles. The Kier molecular flexibility index (Phi) is 6.24. The summed E-state index contributed by atoms with van der Waals surface area (Å²) in [5.41, 5.74) is 0.204. The molecule has 6 atom stereocenters. The lowest BCUT2D eigenvalue weighted by Gasteiger charge is -2.53. The van der Waals surface area contributed by atoms with E-state index in [1.165, 1.54) is 26.8 Å². The molecule has 4 aromatic rings. The normalized spacial score (nSPS) is 28.3. The molecule has 5 aliphatic rings. The summed E-state index contributed by atoms with van der Waals surface area (Å²) in [6, 6.07) is 11.5. The number of halogens is 1. The number of aryl methyl sites for hydroxylation is 1. The molecule has 3 aliphatic carbocycles. The molecule has 9 rings (SSSR count). The van der Waals surface area contributed by atoms with Crippen molar-refractivity contribution in [1.29, 1.82) is 0 Å². The number of hydrogen-bond acceptors (Lipinski definition) is 12. The van der Waals surface area contributed by atoms with Crippen molar-refractivity contribution in [1.82, 2.24) is 5.16 Å². The lowest BCUT2D eigenvalue weighted by atomic mass is 9.50. The summed E-state index contributed by atoms with van der Waals surface area (Å²) in [6.07, 6.45) is -0.658. The summed E-state index contributed by atoms with van der Waals surface area (Å²) >= 11 is 3.79. The van der Waals surface area contributed by atoms with Gasteiger partial charge in [0.1, 0.15) is 38.8 Å². The predicted octanol–water partition coefficient (Wildman–Crippen LogP) is 5.93. The highest BCUT2D eigenvalue weighted by atomic mass is 79.9. The fourth-order valence-electron chi connectivity index (χ4n) is 9.50. The van der Waals surface area contributed by atoms with Crippen LogP contribution in [0.3, 0.4) is 0 Å². The first kappa shape index (κ1) is 31.8. The molecule has 0 bridgehead atoms. The Morgan fingerprint density at radius 3 is 2.29 bits per heavy atom. The molecular formula is C38H28BrNO11. The Labute approximate surface area is 298 Å². The molecule has 1 spiro atoms. The number of esters is 3. The zero-order valence-corrected chi connectivity index (χ0v) is 29.7. The number of aromatic nitrogens is 1. The average Bonchev–Trinajstić information content (AvgIpc) is 3.68. The minimum absolute atomic E-state index is 0.0327. The molecule has 3 heterocycles. The second kappa shape index (κ2) is 10.0. The third-order valence-corrected chi connectivity index (χ3v) is 12.1. The van der Waals surface area contributed by atoms with Gasteiger partial charge in [-0.15, -0.1) is 0 Å². The molecule has 1 fully saturated rings. The summed E-state index contributed by atoms with van der Waals surface area (Å²) in [7, 11) is 0. The average molecular weight is 755 g/mol. The van der Waals surface area contributed by atoms with E-state index in [1.54, 1.807) is 50.2 Å². The number of hydrogen-bond donors (Lipinski definition) is 0. The van der Waals surface area contributed by atoms with E-state index in [9.17, 15) is 24.0 Å². The van der Waals surface area contributed by atoms with Crippen molar-refractivity contribution in [3.8, 4) is 28.5 Å². The standard InChI is InChI=1S/C38H28BrNO11/c1-14-12-20-25(24(13-14)47-17(4)42)31(45)26-19(30(20)44)10-11-22-32(26)50-38-21-8-7-9-23(46-16(3)41)27(21)29-28-33(51-40-29)35(39)36(6,49-18(5)43)34(15(2)48-38)37(22,28)38/h7-13,15,34-35H,1-6H3/t15-,34+,35-,36-,37-,38+/m1/s1. The number of alkyl halides is 1. The minimum Gasteiger partial charge on any atom is -0.457 e. The lowest BCUT2D eigenvalue weighted by molar-refractivity contribution is -0.187. The van der Waals surface area contributed by atoms with Gasteiger partial charge in [0.05, 0.1) is 22.8 Å². The number of carbonyl (C=O) groups is 5. The van der Waals surface area contributed by atoms with Crippen molar-refractivity contribution < 1.29 is 52.2 Å². The monoisotopic (exact) mass is 753 g/mol. The molecule has 2 aliphatic heterocycles. The number of fused-ring (bicyclic) bond motifs is 6. The van der Waals surface area contributed by atoms with Gasteiger partial charge >= 0.3 is 17.9 Å². The van der Waals surface area contributed by atoms with Gasteiger partial charge < -0.3 is 28.2 Å². The second-order valence-corrected chi connectivity index (χ2v) is 14.7. The third kappa shape index (κ3) is 3.62. The van der Waals surface area contributed by atoms with Crippen LogP contribution in [0.15, 0.2) is 47.0 Å². The molecule has 258 valence electrons. The Morgan fingerprint density at radius 1 is 0.863 bits per heavy atom. The van der Waals surface area contributed by atoms with Crippen LogP contribution in [-0.4, -0.2) is 46.3 Å². The van der Waals surface area contributed by atoms with Gasteiger partial charge in [-0.1, -0.05) is 39.3 Å². The van der Waals surface area contributed by atoms with Crippen LogP contribution in [0.5, 0.6) is 17.2 Å². The van der Waals surface area contributed by atoms with Gasteiger partial charge in [-0.05, 0) is 50.6 Å². The van der Waals surface area contributed by atoms with Crippen LogP contribution in [0.25, 0.3) is 11.3 Å². The number of carbonyl (C=O) groups excluding carboxylic acids is 5. The van der Waals surface area contributed by atoms with Gasteiger partial charge in [-0.3, -0.25) is 24.0 Å². The number of nitrogens with zero attached hydrogens (tertiary/aromatic N) is 1. The van der Waals surface area contributed by atoms with E-state index in [0.29, 0.717) is 39.3 Å². The maximum atomic E-state index is 14.8. The van der Waals surface area contributed by atoms with Crippen molar-refractivity contribution in [3.63, 3.8) is 0 Å². The molecular weight excluding hydrogens is 726 g/mol. The molecule has 12 nitrogen and oxygen atoms in total. The smallest absolute Gasteiger partial charge is 0.308 e. The molecule has 51 heavy (non-hydrogen) atoms. The highest BCUT2D eigenvalue weighted by molar-refractivity contribution is 9.09. The van der Waals surface area contributed by atoms with E-state index < -0.39 is 63.1 Å². The minimum atomic E-state index is -1.77. The van der Waals surface area contributed by atoms with Crippen LogP contribution in [0, 0.1) is 12.8 Å². The Bertz CT molecular complexity index is 2380. The van der Waals surface area contributed by atoms with Gasteiger partial charge in [-0.25, -0.2) is 0 Å². The van der Waals surface area contributed by atoms with E-state index in [2.05, 4.69) is 21.1 Å². The van der Waals surface area contributed by atoms with Gasteiger partial charge in [0, 0.05) is 54.5 Å². The summed E-state index contributed by atoms with van der Waals surface area (Å²) in [5, 5.41) is 4.54. The number of ketones is 2. The van der Waals surface area contributed by atoms with Crippen LogP contribution in [0.2, 0.25) is 0 Å². The van der Waals surface area contributed by atoms with E-state index in [4.69, 9.17) is 28.2 Å². The first-order valence-corrected chi connectivity index (χ1v) is 17.2. The maximum absolute atomic E-state index is 14.8. The van der Waals surface area contributed by atoms with Gasteiger partial charge in [0.2, 0.25) is 5.78 Å². The highest BCUT2D eigenvalue weighted by Gasteiger charge is 2.83. The number of rotatable bonds is 3. The van der Waals surface area contributed by atoms with Gasteiger partial charge in [0.15, 0.2) is 11.5 Å². The number of ether oxygens (including phenoxy) is 5. The molecule has 0 unspecified atom stereocenters. The topological polar surface area (TPSA) is 158 Å². The van der Waals surface area contributed by atoms with Crippen LogP contribution >= 0.6 is 15.9 Å². The third-order valence-electron chi connectivity index (χ3n) is 10.8. The molecule has 3 aromatic carbocycles. The van der Waals surface area contributed by atoms with E-state index >= 15 is 0 Å². The zero-order valence-electron chi connectivity index (χ0n) is 28.1. The van der Waals surface area contributed by atoms with Crippen LogP contribution in [0.4, 0.5) is 0 Å². The van der Waals surface area contributed by atoms with Gasteiger partial charge in [-0.2, -0.15) is 0 Å². The largest absolute Gasteiger partial charge is 0.457 e. The Balaban J connectivity index is 1.41. The summed E-state index contributed by atoms with van der Waals surface area (Å²) in [4.78, 5) is 65.7. The summed E-state index contributed by atoms with van der Waals surface area (Å²) in [6.45, 7) is 9.19. The Hall–Kier alpha value is -5.14. The zero-order chi connectivity index (χ0) is 36.1. The Morgan fingerprint density at radius 2 is 1.59 bits per heavy atom.